The average molecular weight is 579 g/mol. The summed E-state index contributed by atoms with van der Waals surface area (Å²) >= 11 is 0. The number of nitrogens with zero attached hydrogens (tertiary/aromatic N) is 3. The number of fused-ring (bicyclic) bond motifs is 5. The molecule has 0 saturated heterocycles. The first-order valence-electron chi connectivity index (χ1n) is 15.0. The Labute approximate surface area is 259 Å². The van der Waals surface area contributed by atoms with Crippen molar-refractivity contribution in [1.29, 1.82) is 0 Å². The quantitative estimate of drug-likeness (QED) is 0.226. The second kappa shape index (κ2) is 10.3. The number of aromatic nitrogens is 1. The largest absolute Gasteiger partial charge is 0.455 e. The summed E-state index contributed by atoms with van der Waals surface area (Å²) in [6, 6.07) is 46.1. The topological polar surface area (TPSA) is 62.8 Å². The molecule has 0 bridgehead atoms. The molecule has 0 aliphatic carbocycles. The van der Waals surface area contributed by atoms with Crippen LogP contribution < -0.4 is 5.32 Å². The van der Waals surface area contributed by atoms with Crippen LogP contribution in [-0.4, -0.2) is 16.7 Å². The molecule has 1 atom stereocenters. The van der Waals surface area contributed by atoms with E-state index < -0.39 is 0 Å². The smallest absolute Gasteiger partial charge is 0.160 e. The fourth-order valence-electron chi connectivity index (χ4n) is 6.35. The lowest BCUT2D eigenvalue weighted by Gasteiger charge is -2.24. The summed E-state index contributed by atoms with van der Waals surface area (Å²) in [6.07, 6.45) is 3.40. The van der Waals surface area contributed by atoms with E-state index in [4.69, 9.17) is 14.4 Å². The number of furan rings is 1. The number of rotatable bonds is 4. The zero-order chi connectivity index (χ0) is 29.7. The summed E-state index contributed by atoms with van der Waals surface area (Å²) < 4.78 is 6.71. The van der Waals surface area contributed by atoms with E-state index in [0.29, 0.717) is 5.84 Å². The SMILES string of the molecule is c1ccc(-c2ccc(C3=NC(c4ccccc4)NC(c4ccc5ccccc5c4)=N3)c3c2oc2cc4ccncc4cc23)cc1. The highest BCUT2D eigenvalue weighted by molar-refractivity contribution is 6.24. The van der Waals surface area contributed by atoms with Crippen molar-refractivity contribution in [1.82, 2.24) is 10.3 Å². The van der Waals surface area contributed by atoms with E-state index in [-0.39, 0.29) is 6.17 Å². The third-order valence-corrected chi connectivity index (χ3v) is 8.58. The number of amidine groups is 2. The van der Waals surface area contributed by atoms with Gasteiger partial charge in [0.15, 0.2) is 5.84 Å². The van der Waals surface area contributed by atoms with Gasteiger partial charge < -0.3 is 9.73 Å². The van der Waals surface area contributed by atoms with Gasteiger partial charge in [0.25, 0.3) is 0 Å². The summed E-state index contributed by atoms with van der Waals surface area (Å²) in [4.78, 5) is 14.8. The Morgan fingerprint density at radius 3 is 2.22 bits per heavy atom. The second-order valence-electron chi connectivity index (χ2n) is 11.3. The molecule has 2 aromatic heterocycles. The Balaban J connectivity index is 1.31. The van der Waals surface area contributed by atoms with Crippen LogP contribution in [0.15, 0.2) is 160 Å². The number of benzene rings is 6. The molecule has 1 unspecified atom stereocenters. The monoisotopic (exact) mass is 578 g/mol. The third-order valence-electron chi connectivity index (χ3n) is 8.58. The first kappa shape index (κ1) is 25.4. The minimum absolute atomic E-state index is 0.313. The Kier molecular flexibility index (Phi) is 5.81. The predicted octanol–water partition coefficient (Wildman–Crippen LogP) is 9.45. The summed E-state index contributed by atoms with van der Waals surface area (Å²) in [7, 11) is 0. The summed E-state index contributed by atoms with van der Waals surface area (Å²) in [5.41, 5.74) is 6.75. The van der Waals surface area contributed by atoms with Crippen molar-refractivity contribution in [3.63, 3.8) is 0 Å². The molecule has 0 fully saturated rings. The molecule has 6 aromatic carbocycles. The highest BCUT2D eigenvalue weighted by Crippen LogP contribution is 2.40. The molecular formula is C40H26N4O. The molecule has 3 heterocycles. The zero-order valence-corrected chi connectivity index (χ0v) is 24.2. The van der Waals surface area contributed by atoms with Crippen molar-refractivity contribution < 1.29 is 4.42 Å². The van der Waals surface area contributed by atoms with Crippen LogP contribution in [0.5, 0.6) is 0 Å². The number of nitrogens with one attached hydrogen (secondary N) is 1. The molecule has 5 heteroatoms. The molecule has 45 heavy (non-hydrogen) atoms. The van der Waals surface area contributed by atoms with Crippen LogP contribution in [-0.2, 0) is 0 Å². The first-order valence-corrected chi connectivity index (χ1v) is 15.0. The number of pyridine rings is 1. The van der Waals surface area contributed by atoms with Gasteiger partial charge in [-0.25, -0.2) is 9.98 Å². The van der Waals surface area contributed by atoms with Gasteiger partial charge in [-0.15, -0.1) is 0 Å². The molecule has 1 aliphatic rings. The van der Waals surface area contributed by atoms with Gasteiger partial charge in [0.2, 0.25) is 0 Å². The van der Waals surface area contributed by atoms with Crippen molar-refractivity contribution in [2.45, 2.75) is 6.17 Å². The standard InChI is InChI=1S/C40H26N4O/c1-3-10-26(11-4-1)32-17-18-33(36-34-22-31-24-41-20-19-29(31)23-35(34)45-37(32)36)40-43-38(27-12-5-2-6-13-27)42-39(44-40)30-16-15-25-9-7-8-14-28(25)21-30/h1-24,38H,(H,42,43,44). The van der Waals surface area contributed by atoms with Crippen LogP contribution in [0.25, 0.3) is 54.6 Å². The van der Waals surface area contributed by atoms with E-state index >= 15 is 0 Å². The van der Waals surface area contributed by atoms with Crippen LogP contribution >= 0.6 is 0 Å². The van der Waals surface area contributed by atoms with E-state index in [1.54, 1.807) is 0 Å². The molecule has 0 spiro atoms. The average Bonchev–Trinajstić information content (AvgIpc) is 3.49. The lowest BCUT2D eigenvalue weighted by Crippen LogP contribution is -2.33. The Morgan fingerprint density at radius 1 is 0.600 bits per heavy atom. The van der Waals surface area contributed by atoms with E-state index in [1.165, 1.54) is 5.39 Å². The van der Waals surface area contributed by atoms with E-state index in [9.17, 15) is 0 Å². The Hall–Kier alpha value is -6.07. The predicted molar refractivity (Wildman–Crippen MR) is 184 cm³/mol. The molecule has 0 amide bonds. The summed E-state index contributed by atoms with van der Waals surface area (Å²) in [5.74, 6) is 1.44. The number of hydrogen-bond donors (Lipinski definition) is 1. The summed E-state index contributed by atoms with van der Waals surface area (Å²) in [6.45, 7) is 0. The number of aliphatic imine (C=N–C) groups is 2. The normalized spacial score (nSPS) is 14.9. The van der Waals surface area contributed by atoms with Gasteiger partial charge in [0, 0.05) is 45.2 Å². The maximum atomic E-state index is 6.71. The van der Waals surface area contributed by atoms with Crippen molar-refractivity contribution in [3.8, 4) is 11.1 Å². The van der Waals surface area contributed by atoms with Gasteiger partial charge in [-0.3, -0.25) is 4.98 Å². The van der Waals surface area contributed by atoms with Crippen molar-refractivity contribution in [2.75, 3.05) is 0 Å². The van der Waals surface area contributed by atoms with Gasteiger partial charge in [0.05, 0.1) is 0 Å². The summed E-state index contributed by atoms with van der Waals surface area (Å²) in [5, 5.41) is 10.1. The van der Waals surface area contributed by atoms with Gasteiger partial charge in [-0.1, -0.05) is 97.1 Å². The molecule has 0 radical (unpaired) electrons. The molecular weight excluding hydrogens is 552 g/mol. The van der Waals surface area contributed by atoms with Crippen molar-refractivity contribution in [2.24, 2.45) is 9.98 Å². The van der Waals surface area contributed by atoms with Gasteiger partial charge in [-0.2, -0.15) is 0 Å². The fourth-order valence-corrected chi connectivity index (χ4v) is 6.35. The molecule has 9 rings (SSSR count). The van der Waals surface area contributed by atoms with Crippen LogP contribution in [0.4, 0.5) is 0 Å². The first-order chi connectivity index (χ1) is 22.3. The molecule has 212 valence electrons. The fraction of sp³-hybridized carbons (Fsp3) is 0.0250. The molecule has 1 N–H and O–H groups in total. The molecule has 0 saturated carbocycles. The van der Waals surface area contributed by atoms with Gasteiger partial charge in [-0.05, 0) is 63.7 Å². The van der Waals surface area contributed by atoms with Gasteiger partial charge >= 0.3 is 0 Å². The van der Waals surface area contributed by atoms with E-state index in [1.807, 2.05) is 42.7 Å². The second-order valence-corrected chi connectivity index (χ2v) is 11.3. The molecule has 8 aromatic rings. The van der Waals surface area contributed by atoms with Crippen LogP contribution in [0, 0.1) is 0 Å². The van der Waals surface area contributed by atoms with Crippen molar-refractivity contribution in [3.05, 3.63) is 163 Å². The van der Waals surface area contributed by atoms with E-state index in [2.05, 4.69) is 113 Å². The Morgan fingerprint density at radius 2 is 1.36 bits per heavy atom. The third kappa shape index (κ3) is 4.36. The van der Waals surface area contributed by atoms with Crippen molar-refractivity contribution >= 4 is 55.2 Å². The van der Waals surface area contributed by atoms with Gasteiger partial charge in [0.1, 0.15) is 23.2 Å². The highest BCUT2D eigenvalue weighted by atomic mass is 16.3. The maximum absolute atomic E-state index is 6.71. The van der Waals surface area contributed by atoms with E-state index in [0.717, 1.165) is 71.8 Å². The van der Waals surface area contributed by atoms with Crippen LogP contribution in [0.3, 0.4) is 0 Å². The van der Waals surface area contributed by atoms with Crippen LogP contribution in [0.1, 0.15) is 22.9 Å². The van der Waals surface area contributed by atoms with Crippen LogP contribution in [0.2, 0.25) is 0 Å². The lowest BCUT2D eigenvalue weighted by atomic mass is 9.97. The zero-order valence-electron chi connectivity index (χ0n) is 24.2. The number of hydrogen-bond acceptors (Lipinski definition) is 5. The minimum atomic E-state index is -0.313. The highest BCUT2D eigenvalue weighted by Gasteiger charge is 2.25. The lowest BCUT2D eigenvalue weighted by molar-refractivity contribution is 0.669. The Bertz CT molecular complexity index is 2460. The minimum Gasteiger partial charge on any atom is -0.455 e. The molecule has 5 nitrogen and oxygen atoms in total. The maximum Gasteiger partial charge on any atom is 0.160 e. The molecule has 1 aliphatic heterocycles.